The van der Waals surface area contributed by atoms with Gasteiger partial charge in [-0.05, 0) is 43.0 Å². The molecule has 2 rings (SSSR count). The monoisotopic (exact) mass is 287 g/mol. The SMILES string of the molecule is COCC1CCCN(Cc2cccc(C#CCCO)c2)C1. The quantitative estimate of drug-likeness (QED) is 0.843. The molecule has 1 fully saturated rings. The Bertz CT molecular complexity index is 487. The lowest BCUT2D eigenvalue weighted by molar-refractivity contribution is 0.0874. The largest absolute Gasteiger partial charge is 0.395 e. The standard InChI is InChI=1S/C18H25NO2/c1-21-15-18-9-5-10-19(14-18)13-17-8-4-7-16(12-17)6-2-3-11-20/h4,7-8,12,18,20H,3,5,9-11,13-15H2,1H3. The molecule has 1 aromatic carbocycles. The third-order valence-electron chi connectivity index (χ3n) is 3.81. The zero-order valence-corrected chi connectivity index (χ0v) is 12.8. The van der Waals surface area contributed by atoms with Crippen LogP contribution in [0.5, 0.6) is 0 Å². The highest BCUT2D eigenvalue weighted by Crippen LogP contribution is 2.19. The zero-order chi connectivity index (χ0) is 14.9. The van der Waals surface area contributed by atoms with Crippen LogP contribution >= 0.6 is 0 Å². The third kappa shape index (κ3) is 5.51. The lowest BCUT2D eigenvalue weighted by Crippen LogP contribution is -2.36. The third-order valence-corrected chi connectivity index (χ3v) is 3.81. The first kappa shape index (κ1) is 16.0. The average molecular weight is 287 g/mol. The van der Waals surface area contributed by atoms with Crippen LogP contribution in [0, 0.1) is 17.8 Å². The molecule has 0 aliphatic carbocycles. The summed E-state index contributed by atoms with van der Waals surface area (Å²) in [5.41, 5.74) is 2.34. The van der Waals surface area contributed by atoms with Crippen LogP contribution in [0.25, 0.3) is 0 Å². The Hall–Kier alpha value is -1.34. The van der Waals surface area contributed by atoms with E-state index >= 15 is 0 Å². The number of nitrogens with zero attached hydrogens (tertiary/aromatic N) is 1. The Labute approximate surface area is 127 Å². The van der Waals surface area contributed by atoms with E-state index in [0.29, 0.717) is 12.3 Å². The zero-order valence-electron chi connectivity index (χ0n) is 12.8. The Balaban J connectivity index is 1.93. The van der Waals surface area contributed by atoms with Crippen LogP contribution in [-0.2, 0) is 11.3 Å². The van der Waals surface area contributed by atoms with E-state index in [1.807, 2.05) is 6.07 Å². The Morgan fingerprint density at radius 3 is 3.14 bits per heavy atom. The molecule has 3 nitrogen and oxygen atoms in total. The lowest BCUT2D eigenvalue weighted by Gasteiger charge is -2.32. The van der Waals surface area contributed by atoms with Gasteiger partial charge in [0.2, 0.25) is 0 Å². The van der Waals surface area contributed by atoms with E-state index in [2.05, 4.69) is 34.9 Å². The molecule has 1 aliphatic rings. The molecule has 3 heteroatoms. The van der Waals surface area contributed by atoms with Crippen LogP contribution in [0.4, 0.5) is 0 Å². The number of piperidine rings is 1. The van der Waals surface area contributed by atoms with Crippen LogP contribution in [0.1, 0.15) is 30.4 Å². The first-order valence-corrected chi connectivity index (χ1v) is 7.72. The normalized spacial score (nSPS) is 19.0. The van der Waals surface area contributed by atoms with Crippen molar-refractivity contribution in [2.24, 2.45) is 5.92 Å². The average Bonchev–Trinajstić information content (AvgIpc) is 2.49. The van der Waals surface area contributed by atoms with Crippen molar-refractivity contribution in [1.82, 2.24) is 4.90 Å². The second-order valence-electron chi connectivity index (χ2n) is 5.67. The van der Waals surface area contributed by atoms with Crippen molar-refractivity contribution in [3.63, 3.8) is 0 Å². The summed E-state index contributed by atoms with van der Waals surface area (Å²) in [5.74, 6) is 6.74. The second-order valence-corrected chi connectivity index (χ2v) is 5.67. The van der Waals surface area contributed by atoms with Gasteiger partial charge in [-0.2, -0.15) is 0 Å². The number of aliphatic hydroxyl groups excluding tert-OH is 1. The first-order valence-electron chi connectivity index (χ1n) is 7.72. The van der Waals surface area contributed by atoms with E-state index in [1.54, 1.807) is 7.11 Å². The van der Waals surface area contributed by atoms with E-state index in [9.17, 15) is 0 Å². The molecule has 0 bridgehead atoms. The molecule has 1 heterocycles. The van der Waals surface area contributed by atoms with Gasteiger partial charge in [0.05, 0.1) is 13.2 Å². The molecule has 21 heavy (non-hydrogen) atoms. The number of ether oxygens (including phenoxy) is 1. The molecule has 0 amide bonds. The minimum Gasteiger partial charge on any atom is -0.395 e. The summed E-state index contributed by atoms with van der Waals surface area (Å²) >= 11 is 0. The number of aliphatic hydroxyl groups is 1. The predicted octanol–water partition coefficient (Wildman–Crippen LogP) is 2.28. The van der Waals surface area contributed by atoms with Crippen molar-refractivity contribution in [2.45, 2.75) is 25.8 Å². The molecule has 1 atom stereocenters. The number of rotatable bonds is 5. The van der Waals surface area contributed by atoms with Crippen molar-refractivity contribution in [3.8, 4) is 11.8 Å². The smallest absolute Gasteiger partial charge is 0.0540 e. The van der Waals surface area contributed by atoms with E-state index < -0.39 is 0 Å². The van der Waals surface area contributed by atoms with E-state index in [4.69, 9.17) is 9.84 Å². The van der Waals surface area contributed by atoms with Crippen molar-refractivity contribution >= 4 is 0 Å². The molecular weight excluding hydrogens is 262 g/mol. The maximum atomic E-state index is 8.76. The predicted molar refractivity (Wildman–Crippen MR) is 84.9 cm³/mol. The van der Waals surface area contributed by atoms with Gasteiger partial charge in [0.25, 0.3) is 0 Å². The number of hydrogen-bond donors (Lipinski definition) is 1. The van der Waals surface area contributed by atoms with Crippen molar-refractivity contribution in [2.75, 3.05) is 33.4 Å². The molecule has 0 aromatic heterocycles. The van der Waals surface area contributed by atoms with Crippen LogP contribution in [-0.4, -0.2) is 43.4 Å². The number of likely N-dealkylation sites (tertiary alicyclic amines) is 1. The number of hydrogen-bond acceptors (Lipinski definition) is 3. The summed E-state index contributed by atoms with van der Waals surface area (Å²) < 4.78 is 5.29. The Morgan fingerprint density at radius 1 is 1.43 bits per heavy atom. The minimum absolute atomic E-state index is 0.126. The van der Waals surface area contributed by atoms with Gasteiger partial charge in [0, 0.05) is 32.2 Å². The fraction of sp³-hybridized carbons (Fsp3) is 0.556. The minimum atomic E-state index is 0.126. The molecule has 1 aliphatic heterocycles. The van der Waals surface area contributed by atoms with Gasteiger partial charge in [0.15, 0.2) is 0 Å². The summed E-state index contributed by atoms with van der Waals surface area (Å²) in [5, 5.41) is 8.76. The van der Waals surface area contributed by atoms with E-state index in [-0.39, 0.29) is 6.61 Å². The Kier molecular flexibility index (Phi) is 6.75. The van der Waals surface area contributed by atoms with Crippen molar-refractivity contribution < 1.29 is 9.84 Å². The molecule has 1 unspecified atom stereocenters. The number of benzene rings is 1. The van der Waals surface area contributed by atoms with Crippen LogP contribution < -0.4 is 0 Å². The highest BCUT2D eigenvalue weighted by atomic mass is 16.5. The molecule has 1 saturated heterocycles. The maximum absolute atomic E-state index is 8.76. The summed E-state index contributed by atoms with van der Waals surface area (Å²) in [4.78, 5) is 2.51. The van der Waals surface area contributed by atoms with Gasteiger partial charge in [-0.25, -0.2) is 0 Å². The first-order chi connectivity index (χ1) is 10.3. The molecule has 0 spiro atoms. The molecule has 0 radical (unpaired) electrons. The molecule has 114 valence electrons. The molecular formula is C18H25NO2. The van der Waals surface area contributed by atoms with Crippen LogP contribution in [0.3, 0.4) is 0 Å². The topological polar surface area (TPSA) is 32.7 Å². The van der Waals surface area contributed by atoms with E-state index in [1.165, 1.54) is 24.9 Å². The van der Waals surface area contributed by atoms with Crippen molar-refractivity contribution in [1.29, 1.82) is 0 Å². The summed E-state index contributed by atoms with van der Waals surface area (Å²) in [7, 11) is 1.79. The van der Waals surface area contributed by atoms with Gasteiger partial charge >= 0.3 is 0 Å². The van der Waals surface area contributed by atoms with Gasteiger partial charge in [-0.15, -0.1) is 0 Å². The van der Waals surface area contributed by atoms with Gasteiger partial charge in [0.1, 0.15) is 0 Å². The maximum Gasteiger partial charge on any atom is 0.0540 e. The summed E-state index contributed by atoms with van der Waals surface area (Å²) in [6.07, 6.45) is 3.07. The van der Waals surface area contributed by atoms with Crippen LogP contribution in [0.15, 0.2) is 24.3 Å². The highest BCUT2D eigenvalue weighted by molar-refractivity contribution is 5.37. The Morgan fingerprint density at radius 2 is 2.33 bits per heavy atom. The van der Waals surface area contributed by atoms with Gasteiger partial charge < -0.3 is 9.84 Å². The van der Waals surface area contributed by atoms with Crippen LogP contribution in [0.2, 0.25) is 0 Å². The summed E-state index contributed by atoms with van der Waals surface area (Å²) in [6, 6.07) is 8.41. The highest BCUT2D eigenvalue weighted by Gasteiger charge is 2.19. The van der Waals surface area contributed by atoms with Gasteiger partial charge in [-0.3, -0.25) is 4.90 Å². The summed E-state index contributed by atoms with van der Waals surface area (Å²) in [6.45, 7) is 4.26. The fourth-order valence-corrected chi connectivity index (χ4v) is 2.89. The second kappa shape index (κ2) is 8.84. The molecule has 1 aromatic rings. The van der Waals surface area contributed by atoms with E-state index in [0.717, 1.165) is 25.3 Å². The van der Waals surface area contributed by atoms with Crippen molar-refractivity contribution in [3.05, 3.63) is 35.4 Å². The lowest BCUT2D eigenvalue weighted by atomic mass is 9.98. The molecule has 0 saturated carbocycles. The number of methoxy groups -OCH3 is 1. The van der Waals surface area contributed by atoms with Gasteiger partial charge in [-0.1, -0.05) is 24.0 Å². The fourth-order valence-electron chi connectivity index (χ4n) is 2.89. The molecule has 1 N–H and O–H groups in total.